The molecule has 23 heavy (non-hydrogen) atoms. The van der Waals surface area contributed by atoms with Gasteiger partial charge >= 0.3 is 0 Å². The smallest absolute Gasteiger partial charge is 0.132 e. The fourth-order valence-corrected chi connectivity index (χ4v) is 2.95. The van der Waals surface area contributed by atoms with Crippen LogP contribution >= 0.6 is 0 Å². The van der Waals surface area contributed by atoms with Crippen molar-refractivity contribution in [2.24, 2.45) is 0 Å². The molecule has 1 fully saturated rings. The Balaban J connectivity index is 1.82. The maximum absolute atomic E-state index is 5.50. The Bertz CT molecular complexity index is 648. The summed E-state index contributed by atoms with van der Waals surface area (Å²) in [7, 11) is 0. The minimum Gasteiger partial charge on any atom is -0.381 e. The summed E-state index contributed by atoms with van der Waals surface area (Å²) in [6.07, 6.45) is 5.08. The summed E-state index contributed by atoms with van der Waals surface area (Å²) >= 11 is 0. The van der Waals surface area contributed by atoms with Crippen LogP contribution in [-0.2, 0) is 17.8 Å². The van der Waals surface area contributed by atoms with Gasteiger partial charge in [-0.25, -0.2) is 9.97 Å². The lowest BCUT2D eigenvalue weighted by Gasteiger charge is -2.22. The summed E-state index contributed by atoms with van der Waals surface area (Å²) < 4.78 is 7.46. The molecule has 1 saturated heterocycles. The first-order valence-corrected chi connectivity index (χ1v) is 8.39. The normalized spacial score (nSPS) is 17.6. The van der Waals surface area contributed by atoms with E-state index in [1.807, 2.05) is 17.8 Å². The summed E-state index contributed by atoms with van der Waals surface area (Å²) in [4.78, 5) is 11.5. The highest BCUT2D eigenvalue weighted by molar-refractivity contribution is 5.41. The van der Waals surface area contributed by atoms with Gasteiger partial charge in [-0.3, -0.25) is 4.68 Å². The summed E-state index contributed by atoms with van der Waals surface area (Å²) in [5.41, 5.74) is 2.31. The van der Waals surface area contributed by atoms with Crippen molar-refractivity contribution in [2.75, 3.05) is 24.7 Å². The summed E-state index contributed by atoms with van der Waals surface area (Å²) in [5.74, 6) is 2.22. The Hall–Kier alpha value is -1.95. The molecule has 124 valence electrons. The monoisotopic (exact) mass is 315 g/mol. The molecule has 0 amide bonds. The molecular formula is C17H25N5O. The first-order valence-electron chi connectivity index (χ1n) is 8.39. The van der Waals surface area contributed by atoms with Gasteiger partial charge in [0, 0.05) is 50.0 Å². The van der Waals surface area contributed by atoms with Crippen molar-refractivity contribution in [3.8, 4) is 0 Å². The largest absolute Gasteiger partial charge is 0.381 e. The van der Waals surface area contributed by atoms with Gasteiger partial charge < -0.3 is 9.64 Å². The highest BCUT2D eigenvalue weighted by atomic mass is 16.5. The fourth-order valence-electron chi connectivity index (χ4n) is 2.95. The van der Waals surface area contributed by atoms with Crippen LogP contribution in [0.3, 0.4) is 0 Å². The van der Waals surface area contributed by atoms with E-state index in [1.165, 1.54) is 5.56 Å². The van der Waals surface area contributed by atoms with Gasteiger partial charge in [-0.2, -0.15) is 5.10 Å². The minimum atomic E-state index is 0.400. The molecule has 1 aliphatic heterocycles. The molecular weight excluding hydrogens is 290 g/mol. The van der Waals surface area contributed by atoms with Gasteiger partial charge in [-0.15, -0.1) is 0 Å². The lowest BCUT2D eigenvalue weighted by molar-refractivity contribution is 0.193. The summed E-state index contributed by atoms with van der Waals surface area (Å²) in [6.45, 7) is 10.4. The van der Waals surface area contributed by atoms with Gasteiger partial charge in [0.15, 0.2) is 0 Å². The zero-order valence-electron chi connectivity index (χ0n) is 14.2. The van der Waals surface area contributed by atoms with E-state index in [9.17, 15) is 0 Å². The second-order valence-corrected chi connectivity index (χ2v) is 5.98. The van der Waals surface area contributed by atoms with Crippen LogP contribution in [0.25, 0.3) is 0 Å². The van der Waals surface area contributed by atoms with E-state index in [1.54, 1.807) is 0 Å². The first-order chi connectivity index (χ1) is 11.2. The molecule has 2 aromatic rings. The van der Waals surface area contributed by atoms with Gasteiger partial charge in [0.2, 0.25) is 0 Å². The van der Waals surface area contributed by atoms with Crippen LogP contribution in [-0.4, -0.2) is 39.5 Å². The Labute approximate surface area is 137 Å². The molecule has 6 nitrogen and oxygen atoms in total. The third-order valence-electron chi connectivity index (χ3n) is 4.28. The van der Waals surface area contributed by atoms with Gasteiger partial charge in [0.1, 0.15) is 11.6 Å². The number of aryl methyl sites for hydroxylation is 2. The molecule has 0 aromatic carbocycles. The zero-order chi connectivity index (χ0) is 16.2. The Morgan fingerprint density at radius 1 is 1.35 bits per heavy atom. The van der Waals surface area contributed by atoms with Crippen LogP contribution in [0.1, 0.15) is 43.3 Å². The van der Waals surface area contributed by atoms with Crippen molar-refractivity contribution < 1.29 is 4.74 Å². The second-order valence-electron chi connectivity index (χ2n) is 5.98. The number of hydrogen-bond donors (Lipinski definition) is 0. The number of ether oxygens (including phenoxy) is 1. The van der Waals surface area contributed by atoms with E-state index in [2.05, 4.69) is 46.1 Å². The molecule has 1 atom stereocenters. The molecule has 0 radical (unpaired) electrons. The van der Waals surface area contributed by atoms with Crippen LogP contribution in [0, 0.1) is 6.92 Å². The summed E-state index contributed by atoms with van der Waals surface area (Å²) in [6, 6.07) is 2.13. The van der Waals surface area contributed by atoms with Gasteiger partial charge in [0.05, 0.1) is 18.5 Å². The number of nitrogens with zero attached hydrogens (tertiary/aromatic N) is 5. The number of aromatic nitrogens is 4. The SMILES string of the molecule is CCN(Cc1cnn(CC)c1)c1cc([C@@H]2CCOC2)nc(C)n1. The van der Waals surface area contributed by atoms with E-state index >= 15 is 0 Å². The van der Waals surface area contributed by atoms with Crippen molar-refractivity contribution in [1.29, 1.82) is 0 Å². The first kappa shape index (κ1) is 15.9. The van der Waals surface area contributed by atoms with Crippen LogP contribution in [0.4, 0.5) is 5.82 Å². The Kier molecular flexibility index (Phi) is 4.91. The molecule has 0 bridgehead atoms. The Morgan fingerprint density at radius 3 is 2.87 bits per heavy atom. The van der Waals surface area contributed by atoms with Crippen LogP contribution < -0.4 is 4.90 Å². The van der Waals surface area contributed by atoms with Gasteiger partial charge in [0.25, 0.3) is 0 Å². The molecule has 0 aliphatic carbocycles. The van der Waals surface area contributed by atoms with E-state index < -0.39 is 0 Å². The van der Waals surface area contributed by atoms with E-state index in [-0.39, 0.29) is 0 Å². The molecule has 0 saturated carbocycles. The van der Waals surface area contributed by atoms with E-state index in [4.69, 9.17) is 4.74 Å². The van der Waals surface area contributed by atoms with E-state index in [0.717, 1.165) is 56.6 Å². The van der Waals surface area contributed by atoms with Crippen LogP contribution in [0.5, 0.6) is 0 Å². The van der Waals surface area contributed by atoms with Crippen molar-refractivity contribution in [1.82, 2.24) is 19.7 Å². The quantitative estimate of drug-likeness (QED) is 0.820. The molecule has 3 rings (SSSR count). The predicted octanol–water partition coefficient (Wildman–Crippen LogP) is 2.53. The average molecular weight is 315 g/mol. The number of hydrogen-bond acceptors (Lipinski definition) is 5. The van der Waals surface area contributed by atoms with Gasteiger partial charge in [-0.05, 0) is 27.2 Å². The maximum atomic E-state index is 5.50. The molecule has 3 heterocycles. The van der Waals surface area contributed by atoms with Crippen LogP contribution in [0.2, 0.25) is 0 Å². The third kappa shape index (κ3) is 3.69. The van der Waals surface area contributed by atoms with Crippen molar-refractivity contribution >= 4 is 5.82 Å². The molecule has 1 aliphatic rings. The average Bonchev–Trinajstić information content (AvgIpc) is 3.23. The maximum Gasteiger partial charge on any atom is 0.132 e. The molecule has 0 spiro atoms. The standard InChI is InChI=1S/C17H25N5O/c1-4-21(10-14-9-18-22(5-2)11-14)17-8-16(19-13(3)20-17)15-6-7-23-12-15/h8-9,11,15H,4-7,10,12H2,1-3H3/t15-/m1/s1. The minimum absolute atomic E-state index is 0.400. The fraction of sp³-hybridized carbons (Fsp3) is 0.588. The summed E-state index contributed by atoms with van der Waals surface area (Å²) in [5, 5.41) is 4.35. The molecule has 2 aromatic heterocycles. The zero-order valence-corrected chi connectivity index (χ0v) is 14.2. The highest BCUT2D eigenvalue weighted by Gasteiger charge is 2.21. The molecule has 0 N–H and O–H groups in total. The number of rotatable bonds is 6. The number of anilines is 1. The van der Waals surface area contributed by atoms with Crippen molar-refractivity contribution in [2.45, 2.75) is 46.2 Å². The van der Waals surface area contributed by atoms with E-state index in [0.29, 0.717) is 5.92 Å². The topological polar surface area (TPSA) is 56.1 Å². The van der Waals surface area contributed by atoms with Crippen LogP contribution in [0.15, 0.2) is 18.5 Å². The van der Waals surface area contributed by atoms with Gasteiger partial charge in [-0.1, -0.05) is 0 Å². The lowest BCUT2D eigenvalue weighted by atomic mass is 10.0. The second kappa shape index (κ2) is 7.08. The molecule has 6 heteroatoms. The van der Waals surface area contributed by atoms with Crippen molar-refractivity contribution in [3.05, 3.63) is 35.5 Å². The highest BCUT2D eigenvalue weighted by Crippen LogP contribution is 2.26. The predicted molar refractivity (Wildman–Crippen MR) is 89.6 cm³/mol. The van der Waals surface area contributed by atoms with Crippen molar-refractivity contribution in [3.63, 3.8) is 0 Å². The molecule has 0 unspecified atom stereocenters. The Morgan fingerprint density at radius 2 is 2.22 bits per heavy atom. The third-order valence-corrected chi connectivity index (χ3v) is 4.28. The lowest BCUT2D eigenvalue weighted by Crippen LogP contribution is -2.24.